The highest BCUT2D eigenvalue weighted by Crippen LogP contribution is 2.33. The van der Waals surface area contributed by atoms with Gasteiger partial charge in [0.1, 0.15) is 0 Å². The number of carbonyl (C=O) groups excluding carboxylic acids is 1. The fourth-order valence-corrected chi connectivity index (χ4v) is 4.34. The van der Waals surface area contributed by atoms with Crippen molar-refractivity contribution in [3.05, 3.63) is 78.2 Å². The molecule has 0 saturated carbocycles. The number of alkyl halides is 3. The Hall–Kier alpha value is -4.32. The number of halogens is 3. The number of nitrogens with one attached hydrogen (secondary N) is 1. The van der Waals surface area contributed by atoms with E-state index in [1.54, 1.807) is 30.3 Å². The van der Waals surface area contributed by atoms with Gasteiger partial charge in [-0.2, -0.15) is 18.3 Å². The summed E-state index contributed by atoms with van der Waals surface area (Å²) in [5.74, 6) is -0.480. The van der Waals surface area contributed by atoms with E-state index in [1.165, 1.54) is 24.5 Å². The molecule has 1 aliphatic heterocycles. The van der Waals surface area contributed by atoms with Crippen LogP contribution in [0.5, 0.6) is 0 Å². The summed E-state index contributed by atoms with van der Waals surface area (Å²) in [5, 5.41) is 14.5. The smallest absolute Gasteiger partial charge is 0.372 e. The normalized spacial score (nSPS) is 17.9. The van der Waals surface area contributed by atoms with Gasteiger partial charge in [0, 0.05) is 42.3 Å². The van der Waals surface area contributed by atoms with Crippen molar-refractivity contribution >= 4 is 17.4 Å². The lowest BCUT2D eigenvalue weighted by atomic mass is 10.1. The van der Waals surface area contributed by atoms with Crippen LogP contribution in [0, 0.1) is 0 Å². The van der Waals surface area contributed by atoms with Gasteiger partial charge in [-0.1, -0.05) is 6.07 Å². The van der Waals surface area contributed by atoms with Gasteiger partial charge in [-0.3, -0.25) is 9.78 Å². The number of pyridine rings is 1. The number of amides is 1. The van der Waals surface area contributed by atoms with E-state index in [1.807, 2.05) is 19.9 Å². The summed E-state index contributed by atoms with van der Waals surface area (Å²) in [6.07, 6.45) is -1.60. The quantitative estimate of drug-likeness (QED) is 0.408. The molecule has 0 aliphatic carbocycles. The van der Waals surface area contributed by atoms with E-state index in [-0.39, 0.29) is 29.5 Å². The molecule has 1 saturated heterocycles. The number of hydrogen-bond donors (Lipinski definition) is 1. The Kier molecular flexibility index (Phi) is 6.81. The maximum absolute atomic E-state index is 13.7. The molecule has 1 fully saturated rings. The van der Waals surface area contributed by atoms with Crippen LogP contribution in [0.15, 0.2) is 67.0 Å². The average molecular weight is 524 g/mol. The number of rotatable bonds is 5. The standard InChI is InChI=1S/C26H24F3N7O2/c1-16-14-35(15-17(2)38-16)20-7-3-5-18(11-20)25(37)31-23-8-9-24(33-32-23)36-22(26(27,28)29)12-21(34-36)19-6-4-10-30-13-19/h3-13,16-17H,14-15H2,1-2H3,(H,31,32,37). The second-order valence-electron chi connectivity index (χ2n) is 9.01. The molecule has 4 aromatic rings. The molecule has 196 valence electrons. The summed E-state index contributed by atoms with van der Waals surface area (Å²) in [7, 11) is 0. The molecule has 1 amide bonds. The van der Waals surface area contributed by atoms with E-state index >= 15 is 0 Å². The number of carbonyl (C=O) groups is 1. The molecule has 9 nitrogen and oxygen atoms in total. The van der Waals surface area contributed by atoms with E-state index in [9.17, 15) is 18.0 Å². The van der Waals surface area contributed by atoms with Crippen molar-refractivity contribution in [2.24, 2.45) is 0 Å². The predicted octanol–water partition coefficient (Wildman–Crippen LogP) is 4.61. The molecule has 4 heterocycles. The van der Waals surface area contributed by atoms with Gasteiger partial charge in [-0.25, -0.2) is 4.68 Å². The van der Waals surface area contributed by atoms with Gasteiger partial charge in [-0.05, 0) is 62.4 Å². The second kappa shape index (κ2) is 10.2. The highest BCUT2D eigenvalue weighted by atomic mass is 19.4. The van der Waals surface area contributed by atoms with Crippen molar-refractivity contribution in [2.75, 3.05) is 23.3 Å². The Morgan fingerprint density at radius 2 is 1.82 bits per heavy atom. The third kappa shape index (κ3) is 5.49. The third-order valence-corrected chi connectivity index (χ3v) is 5.96. The molecule has 38 heavy (non-hydrogen) atoms. The summed E-state index contributed by atoms with van der Waals surface area (Å²) in [4.78, 5) is 19.0. The van der Waals surface area contributed by atoms with Crippen LogP contribution in [0.25, 0.3) is 17.1 Å². The zero-order valence-corrected chi connectivity index (χ0v) is 20.6. The van der Waals surface area contributed by atoms with E-state index < -0.39 is 17.8 Å². The summed E-state index contributed by atoms with van der Waals surface area (Å²) in [6.45, 7) is 5.42. The van der Waals surface area contributed by atoms with Gasteiger partial charge in [0.2, 0.25) is 0 Å². The molecule has 0 spiro atoms. The van der Waals surface area contributed by atoms with Crippen molar-refractivity contribution in [1.82, 2.24) is 25.0 Å². The molecule has 3 aromatic heterocycles. The Morgan fingerprint density at radius 3 is 2.47 bits per heavy atom. The van der Waals surface area contributed by atoms with Crippen LogP contribution in [0.1, 0.15) is 29.9 Å². The van der Waals surface area contributed by atoms with E-state index in [2.05, 4.69) is 30.5 Å². The zero-order chi connectivity index (χ0) is 26.9. The average Bonchev–Trinajstić information content (AvgIpc) is 3.36. The van der Waals surface area contributed by atoms with Gasteiger partial charge in [0.25, 0.3) is 5.91 Å². The maximum Gasteiger partial charge on any atom is 0.433 e. The van der Waals surface area contributed by atoms with Gasteiger partial charge in [-0.15, -0.1) is 10.2 Å². The Morgan fingerprint density at radius 1 is 1.03 bits per heavy atom. The van der Waals surface area contributed by atoms with Gasteiger partial charge in [0.15, 0.2) is 17.3 Å². The first-order chi connectivity index (χ1) is 18.2. The largest absolute Gasteiger partial charge is 0.433 e. The molecule has 0 bridgehead atoms. The predicted molar refractivity (Wildman–Crippen MR) is 134 cm³/mol. The number of ether oxygens (including phenoxy) is 1. The van der Waals surface area contributed by atoms with Crippen LogP contribution < -0.4 is 10.2 Å². The lowest BCUT2D eigenvalue weighted by Crippen LogP contribution is -2.45. The van der Waals surface area contributed by atoms with Crippen LogP contribution in [0.3, 0.4) is 0 Å². The number of anilines is 2. The molecule has 5 rings (SSSR count). The minimum atomic E-state index is -4.68. The minimum absolute atomic E-state index is 0.0677. The summed E-state index contributed by atoms with van der Waals surface area (Å²) in [5.41, 5.74) is 0.813. The molecule has 12 heteroatoms. The lowest BCUT2D eigenvalue weighted by Gasteiger charge is -2.37. The number of nitrogens with zero attached hydrogens (tertiary/aromatic N) is 6. The molecular weight excluding hydrogens is 499 g/mol. The van der Waals surface area contributed by atoms with Gasteiger partial charge < -0.3 is 15.0 Å². The van der Waals surface area contributed by atoms with Crippen molar-refractivity contribution in [3.63, 3.8) is 0 Å². The monoisotopic (exact) mass is 523 g/mol. The topological polar surface area (TPSA) is 98.1 Å². The Bertz CT molecular complexity index is 1420. The van der Waals surface area contributed by atoms with E-state index in [0.717, 1.165) is 11.8 Å². The molecule has 1 N–H and O–H groups in total. The maximum atomic E-state index is 13.7. The minimum Gasteiger partial charge on any atom is -0.372 e. The molecule has 2 atom stereocenters. The third-order valence-electron chi connectivity index (χ3n) is 5.96. The molecule has 2 unspecified atom stereocenters. The highest BCUT2D eigenvalue weighted by Gasteiger charge is 2.37. The van der Waals surface area contributed by atoms with Crippen molar-refractivity contribution in [1.29, 1.82) is 0 Å². The first kappa shape index (κ1) is 25.3. The SMILES string of the molecule is CC1CN(c2cccc(C(=O)Nc3ccc(-n4nc(-c5cccnc5)cc4C(F)(F)F)nn3)c2)CC(C)O1. The Labute approximate surface area is 216 Å². The highest BCUT2D eigenvalue weighted by molar-refractivity contribution is 6.04. The molecular formula is C26H24F3N7O2. The van der Waals surface area contributed by atoms with Crippen LogP contribution >= 0.6 is 0 Å². The summed E-state index contributed by atoms with van der Waals surface area (Å²) >= 11 is 0. The fraction of sp³-hybridized carbons (Fsp3) is 0.269. The number of hydrogen-bond acceptors (Lipinski definition) is 7. The lowest BCUT2D eigenvalue weighted by molar-refractivity contribution is -0.142. The molecule has 0 radical (unpaired) electrons. The van der Waals surface area contributed by atoms with Gasteiger partial charge in [0.05, 0.1) is 17.9 Å². The van der Waals surface area contributed by atoms with Crippen LogP contribution in [0.4, 0.5) is 24.7 Å². The zero-order valence-electron chi connectivity index (χ0n) is 20.6. The first-order valence-corrected chi connectivity index (χ1v) is 11.9. The van der Waals surface area contributed by atoms with Crippen molar-refractivity contribution in [2.45, 2.75) is 32.2 Å². The second-order valence-corrected chi connectivity index (χ2v) is 9.01. The summed E-state index contributed by atoms with van der Waals surface area (Å²) in [6, 6.07) is 14.0. The fourth-order valence-electron chi connectivity index (χ4n) is 4.34. The first-order valence-electron chi connectivity index (χ1n) is 11.9. The Balaban J connectivity index is 1.34. The van der Waals surface area contributed by atoms with E-state index in [0.29, 0.717) is 28.9 Å². The molecule has 1 aromatic carbocycles. The van der Waals surface area contributed by atoms with Crippen LogP contribution in [-0.4, -0.2) is 56.2 Å². The van der Waals surface area contributed by atoms with Crippen molar-refractivity contribution in [3.8, 4) is 17.1 Å². The van der Waals surface area contributed by atoms with E-state index in [4.69, 9.17) is 4.74 Å². The van der Waals surface area contributed by atoms with Crippen molar-refractivity contribution < 1.29 is 22.7 Å². The van der Waals surface area contributed by atoms with Gasteiger partial charge >= 0.3 is 6.18 Å². The number of aromatic nitrogens is 5. The van der Waals surface area contributed by atoms with Crippen LogP contribution in [-0.2, 0) is 10.9 Å². The number of morpholine rings is 1. The number of benzene rings is 1. The van der Waals surface area contributed by atoms with Crippen LogP contribution in [0.2, 0.25) is 0 Å². The molecule has 1 aliphatic rings. The summed E-state index contributed by atoms with van der Waals surface area (Å²) < 4.78 is 47.6.